The zero-order valence-electron chi connectivity index (χ0n) is 24.6. The smallest absolute Gasteiger partial charge is 0.305 e. The number of rotatable bonds is 16. The minimum absolute atomic E-state index is 0.127. The Morgan fingerprint density at radius 3 is 2.54 bits per heavy atom. The molecule has 2 fully saturated rings. The highest BCUT2D eigenvalue weighted by Gasteiger charge is 2.40. The molecule has 0 aliphatic carbocycles. The Morgan fingerprint density at radius 1 is 1.05 bits per heavy atom. The van der Waals surface area contributed by atoms with E-state index in [1.54, 1.807) is 6.20 Å². The minimum atomic E-state index is -0.127. The maximum Gasteiger partial charge on any atom is 0.305 e. The molecule has 9 nitrogen and oxygen atoms in total. The normalized spacial score (nSPS) is 18.1. The molecule has 0 amide bonds. The summed E-state index contributed by atoms with van der Waals surface area (Å²) in [6, 6.07) is 0. The summed E-state index contributed by atoms with van der Waals surface area (Å²) in [5, 5.41) is 0. The van der Waals surface area contributed by atoms with Crippen LogP contribution in [0.1, 0.15) is 77.4 Å². The van der Waals surface area contributed by atoms with Gasteiger partial charge in [-0.15, -0.1) is 0 Å². The molecular formula is C30H51N7O2. The van der Waals surface area contributed by atoms with Crippen LogP contribution in [0.4, 0.5) is 0 Å². The van der Waals surface area contributed by atoms with E-state index in [-0.39, 0.29) is 5.97 Å². The third kappa shape index (κ3) is 9.43. The standard InChI is InChI=1S/C30H51N7O2/c1-4-39-29(38)8-7-16-36(23-27-31-12-13-32-27)24-28-33-14-21-37(28)17-6-5-15-35-20-11-30(25-35)9-18-34(19-10-30)22-26(2)3/h12-14,21,26H,4-11,15-20,22-25H2,1-3H3,(H,31,32). The molecule has 2 aromatic heterocycles. The number of aromatic nitrogens is 4. The van der Waals surface area contributed by atoms with Crippen molar-refractivity contribution >= 4 is 5.97 Å². The highest BCUT2D eigenvalue weighted by molar-refractivity contribution is 5.69. The van der Waals surface area contributed by atoms with Crippen LogP contribution in [-0.4, -0.2) is 92.6 Å². The van der Waals surface area contributed by atoms with Crippen LogP contribution in [0.2, 0.25) is 0 Å². The van der Waals surface area contributed by atoms with Crippen LogP contribution in [-0.2, 0) is 29.2 Å². The van der Waals surface area contributed by atoms with E-state index in [9.17, 15) is 4.79 Å². The van der Waals surface area contributed by atoms with Crippen LogP contribution in [0.5, 0.6) is 0 Å². The topological polar surface area (TPSA) is 82.5 Å². The Bertz CT molecular complexity index is 966. The molecule has 2 saturated heterocycles. The Hall–Kier alpha value is -2.23. The van der Waals surface area contributed by atoms with Gasteiger partial charge in [-0.25, -0.2) is 9.97 Å². The summed E-state index contributed by atoms with van der Waals surface area (Å²) in [7, 11) is 0. The number of carbonyl (C=O) groups excluding carboxylic acids is 1. The van der Waals surface area contributed by atoms with Crippen molar-refractivity contribution in [3.63, 3.8) is 0 Å². The number of imidazole rings is 2. The first-order valence-electron chi connectivity index (χ1n) is 15.3. The van der Waals surface area contributed by atoms with E-state index in [0.29, 0.717) is 25.0 Å². The summed E-state index contributed by atoms with van der Waals surface area (Å²) in [6.45, 7) is 17.8. The lowest BCUT2D eigenvalue weighted by molar-refractivity contribution is -0.143. The molecule has 1 spiro atoms. The third-order valence-corrected chi connectivity index (χ3v) is 8.44. The highest BCUT2D eigenvalue weighted by atomic mass is 16.5. The molecule has 2 aromatic rings. The maximum absolute atomic E-state index is 11.8. The van der Waals surface area contributed by atoms with Gasteiger partial charge in [-0.05, 0) is 89.5 Å². The Morgan fingerprint density at radius 2 is 1.82 bits per heavy atom. The van der Waals surface area contributed by atoms with Crippen LogP contribution < -0.4 is 0 Å². The number of aryl methyl sites for hydroxylation is 1. The number of ether oxygens (including phenoxy) is 1. The minimum Gasteiger partial charge on any atom is -0.466 e. The van der Waals surface area contributed by atoms with Crippen molar-refractivity contribution in [3.05, 3.63) is 36.4 Å². The Labute approximate surface area is 235 Å². The predicted molar refractivity (Wildman–Crippen MR) is 154 cm³/mol. The average Bonchev–Trinajstić information content (AvgIpc) is 3.66. The van der Waals surface area contributed by atoms with Crippen LogP contribution in [0.15, 0.2) is 24.8 Å². The number of nitrogens with zero attached hydrogens (tertiary/aromatic N) is 6. The fraction of sp³-hybridized carbons (Fsp3) is 0.767. The number of esters is 1. The van der Waals surface area contributed by atoms with Crippen molar-refractivity contribution in [2.75, 3.05) is 52.4 Å². The molecule has 0 atom stereocenters. The summed E-state index contributed by atoms with van der Waals surface area (Å²) in [5.74, 6) is 2.65. The average molecular weight is 542 g/mol. The molecule has 4 rings (SSSR count). The lowest BCUT2D eigenvalue weighted by atomic mass is 9.77. The van der Waals surface area contributed by atoms with Crippen molar-refractivity contribution in [2.24, 2.45) is 11.3 Å². The fourth-order valence-electron chi connectivity index (χ4n) is 6.36. The number of likely N-dealkylation sites (tertiary alicyclic amines) is 2. The molecule has 4 heterocycles. The van der Waals surface area contributed by atoms with Gasteiger partial charge < -0.3 is 24.1 Å². The van der Waals surface area contributed by atoms with E-state index >= 15 is 0 Å². The lowest BCUT2D eigenvalue weighted by Gasteiger charge is -2.40. The van der Waals surface area contributed by atoms with E-state index in [1.807, 2.05) is 19.3 Å². The Kier molecular flexibility index (Phi) is 11.4. The van der Waals surface area contributed by atoms with Crippen molar-refractivity contribution in [1.82, 2.24) is 34.2 Å². The number of aromatic amines is 1. The van der Waals surface area contributed by atoms with Crippen LogP contribution in [0.3, 0.4) is 0 Å². The van der Waals surface area contributed by atoms with Gasteiger partial charge in [-0.1, -0.05) is 13.8 Å². The molecule has 0 bridgehead atoms. The van der Waals surface area contributed by atoms with Gasteiger partial charge in [0, 0.05) is 50.8 Å². The summed E-state index contributed by atoms with van der Waals surface area (Å²) < 4.78 is 7.40. The van der Waals surface area contributed by atoms with Gasteiger partial charge in [0.05, 0.1) is 19.7 Å². The number of unbranched alkanes of at least 4 members (excludes halogenated alkanes) is 1. The molecule has 9 heteroatoms. The lowest BCUT2D eigenvalue weighted by Crippen LogP contribution is -2.42. The number of hydrogen-bond acceptors (Lipinski definition) is 7. The quantitative estimate of drug-likeness (QED) is 0.252. The molecule has 39 heavy (non-hydrogen) atoms. The second-order valence-corrected chi connectivity index (χ2v) is 12.1. The van der Waals surface area contributed by atoms with Crippen molar-refractivity contribution < 1.29 is 9.53 Å². The first-order valence-corrected chi connectivity index (χ1v) is 15.3. The van der Waals surface area contributed by atoms with Gasteiger partial charge in [0.25, 0.3) is 0 Å². The Balaban J connectivity index is 1.19. The molecule has 0 aromatic carbocycles. The van der Waals surface area contributed by atoms with E-state index < -0.39 is 0 Å². The van der Waals surface area contributed by atoms with E-state index in [4.69, 9.17) is 4.74 Å². The fourth-order valence-corrected chi connectivity index (χ4v) is 6.36. The molecule has 1 N–H and O–H groups in total. The molecule has 0 unspecified atom stereocenters. The van der Waals surface area contributed by atoms with Gasteiger partial charge in [0.1, 0.15) is 11.6 Å². The van der Waals surface area contributed by atoms with Gasteiger partial charge in [-0.2, -0.15) is 0 Å². The van der Waals surface area contributed by atoms with E-state index in [1.165, 1.54) is 65.0 Å². The SMILES string of the molecule is CCOC(=O)CCCN(Cc1ncc[nH]1)Cc1nccn1CCCCN1CCC2(CCN(CC(C)C)CC2)C1. The van der Waals surface area contributed by atoms with E-state index in [2.05, 4.69) is 54.3 Å². The van der Waals surface area contributed by atoms with Gasteiger partial charge in [0.15, 0.2) is 0 Å². The third-order valence-electron chi connectivity index (χ3n) is 8.44. The number of carbonyl (C=O) groups is 1. The summed E-state index contributed by atoms with van der Waals surface area (Å²) in [4.78, 5) is 31.8. The van der Waals surface area contributed by atoms with Crippen LogP contribution in [0, 0.1) is 11.3 Å². The molecule has 218 valence electrons. The highest BCUT2D eigenvalue weighted by Crippen LogP contribution is 2.40. The molecular weight excluding hydrogens is 490 g/mol. The largest absolute Gasteiger partial charge is 0.466 e. The zero-order chi connectivity index (χ0) is 27.5. The summed E-state index contributed by atoms with van der Waals surface area (Å²) in [5.41, 5.74) is 0.579. The number of nitrogens with one attached hydrogen (secondary N) is 1. The first kappa shape index (κ1) is 29.7. The predicted octanol–water partition coefficient (Wildman–Crippen LogP) is 4.18. The molecule has 2 aliphatic heterocycles. The van der Waals surface area contributed by atoms with Crippen molar-refractivity contribution in [3.8, 4) is 0 Å². The number of hydrogen-bond donors (Lipinski definition) is 1. The second-order valence-electron chi connectivity index (χ2n) is 12.1. The zero-order valence-corrected chi connectivity index (χ0v) is 24.6. The molecule has 2 aliphatic rings. The number of piperidine rings is 1. The summed E-state index contributed by atoms with van der Waals surface area (Å²) in [6.07, 6.45) is 15.4. The molecule has 0 saturated carbocycles. The van der Waals surface area contributed by atoms with Crippen molar-refractivity contribution in [1.29, 1.82) is 0 Å². The van der Waals surface area contributed by atoms with Crippen LogP contribution in [0.25, 0.3) is 0 Å². The monoisotopic (exact) mass is 541 g/mol. The van der Waals surface area contributed by atoms with Gasteiger partial charge in [-0.3, -0.25) is 9.69 Å². The summed E-state index contributed by atoms with van der Waals surface area (Å²) >= 11 is 0. The van der Waals surface area contributed by atoms with Crippen LogP contribution >= 0.6 is 0 Å². The first-order chi connectivity index (χ1) is 18.9. The van der Waals surface area contributed by atoms with Gasteiger partial charge >= 0.3 is 5.97 Å². The van der Waals surface area contributed by atoms with E-state index in [0.717, 1.165) is 50.0 Å². The van der Waals surface area contributed by atoms with Gasteiger partial charge in [0.2, 0.25) is 0 Å². The molecule has 0 radical (unpaired) electrons. The number of H-pyrrole nitrogens is 1. The van der Waals surface area contributed by atoms with Crippen molar-refractivity contribution in [2.45, 2.75) is 85.4 Å². The second kappa shape index (κ2) is 15.0. The maximum atomic E-state index is 11.8.